The van der Waals surface area contributed by atoms with E-state index in [0.717, 1.165) is 6.07 Å². The van der Waals surface area contributed by atoms with Crippen LogP contribution in [-0.4, -0.2) is 16.2 Å². The molecular formula is C6H3ClN2O3. The van der Waals surface area contributed by atoms with Crippen LogP contribution in [0.1, 0.15) is 10.4 Å². The highest BCUT2D eigenvalue weighted by atomic mass is 35.5. The van der Waals surface area contributed by atoms with Gasteiger partial charge in [0.25, 0.3) is 5.69 Å². The molecule has 0 unspecified atom stereocenters. The van der Waals surface area contributed by atoms with Gasteiger partial charge in [-0.1, -0.05) is 11.6 Å². The van der Waals surface area contributed by atoms with Crippen LogP contribution in [-0.2, 0) is 0 Å². The zero-order valence-electron chi connectivity index (χ0n) is 5.73. The molecule has 0 spiro atoms. The smallest absolute Gasteiger partial charge is 0.284 e. The van der Waals surface area contributed by atoms with E-state index in [1.165, 1.54) is 6.20 Å². The molecule has 0 N–H and O–H groups in total. The summed E-state index contributed by atoms with van der Waals surface area (Å²) in [5.41, 5.74) is -0.519. The number of nitrogens with zero attached hydrogens (tertiary/aromatic N) is 2. The number of halogens is 1. The molecule has 1 rings (SSSR count). The fraction of sp³-hybridized carbons (Fsp3) is 0. The first-order chi connectivity index (χ1) is 5.66. The van der Waals surface area contributed by atoms with Crippen molar-refractivity contribution in [3.05, 3.63) is 33.1 Å². The van der Waals surface area contributed by atoms with Gasteiger partial charge in [-0.2, -0.15) is 0 Å². The Morgan fingerprint density at radius 1 is 1.67 bits per heavy atom. The van der Waals surface area contributed by atoms with Gasteiger partial charge in [0.15, 0.2) is 6.29 Å². The lowest BCUT2D eigenvalue weighted by atomic mass is 10.2. The molecule has 0 bridgehead atoms. The van der Waals surface area contributed by atoms with Gasteiger partial charge in [-0.25, -0.2) is 4.98 Å². The summed E-state index contributed by atoms with van der Waals surface area (Å²) in [6, 6.07) is 1.12. The van der Waals surface area contributed by atoms with E-state index in [2.05, 4.69) is 4.98 Å². The zero-order valence-corrected chi connectivity index (χ0v) is 6.49. The minimum atomic E-state index is -0.683. The average Bonchev–Trinajstić information content (AvgIpc) is 2.03. The molecule has 0 aliphatic heterocycles. The first-order valence-corrected chi connectivity index (χ1v) is 3.28. The van der Waals surface area contributed by atoms with Gasteiger partial charge in [0.2, 0.25) is 0 Å². The second-order valence-corrected chi connectivity index (χ2v) is 2.27. The third-order valence-electron chi connectivity index (χ3n) is 1.23. The molecule has 5 nitrogen and oxygen atoms in total. The van der Waals surface area contributed by atoms with E-state index in [1.54, 1.807) is 0 Å². The third-order valence-corrected chi connectivity index (χ3v) is 1.53. The van der Waals surface area contributed by atoms with Crippen LogP contribution in [0.5, 0.6) is 0 Å². The Hall–Kier alpha value is -1.49. The number of hydrogen-bond donors (Lipinski definition) is 0. The fourth-order valence-electron chi connectivity index (χ4n) is 0.707. The van der Waals surface area contributed by atoms with Crippen LogP contribution in [0.3, 0.4) is 0 Å². The van der Waals surface area contributed by atoms with E-state index >= 15 is 0 Å². The molecule has 0 aromatic carbocycles. The monoisotopic (exact) mass is 186 g/mol. The summed E-state index contributed by atoms with van der Waals surface area (Å²) >= 11 is 5.43. The molecule has 0 atom stereocenters. The van der Waals surface area contributed by atoms with E-state index in [9.17, 15) is 14.9 Å². The van der Waals surface area contributed by atoms with Crippen molar-refractivity contribution >= 4 is 23.6 Å². The van der Waals surface area contributed by atoms with Gasteiger partial charge in [-0.05, 0) is 0 Å². The van der Waals surface area contributed by atoms with E-state index in [4.69, 9.17) is 11.6 Å². The van der Waals surface area contributed by atoms with Gasteiger partial charge in [0.05, 0.1) is 4.92 Å². The Labute approximate surface area is 72.1 Å². The minimum absolute atomic E-state index is 0.154. The van der Waals surface area contributed by atoms with Crippen LogP contribution >= 0.6 is 11.6 Å². The molecule has 62 valence electrons. The number of pyridine rings is 1. The van der Waals surface area contributed by atoms with Crippen molar-refractivity contribution in [2.24, 2.45) is 0 Å². The molecule has 1 aromatic rings. The number of carbonyl (C=O) groups is 1. The standard InChI is InChI=1S/C6H3ClN2O3/c7-6-4(3-10)5(9(11)12)1-2-8-6/h1-3H. The maximum atomic E-state index is 10.3. The predicted molar refractivity (Wildman–Crippen MR) is 41.3 cm³/mol. The summed E-state index contributed by atoms with van der Waals surface area (Å²) in [5.74, 6) is 0. The fourth-order valence-corrected chi connectivity index (χ4v) is 0.904. The second-order valence-electron chi connectivity index (χ2n) is 1.91. The molecule has 0 fully saturated rings. The number of aldehydes is 1. The summed E-state index contributed by atoms with van der Waals surface area (Å²) in [5, 5.41) is 10.1. The highest BCUT2D eigenvalue weighted by Crippen LogP contribution is 2.21. The van der Waals surface area contributed by atoms with Gasteiger partial charge in [0.1, 0.15) is 10.7 Å². The number of nitro groups is 1. The van der Waals surface area contributed by atoms with Crippen LogP contribution < -0.4 is 0 Å². The summed E-state index contributed by atoms with van der Waals surface area (Å²) in [4.78, 5) is 23.5. The topological polar surface area (TPSA) is 73.1 Å². The van der Waals surface area contributed by atoms with Crippen molar-refractivity contribution in [1.29, 1.82) is 0 Å². The highest BCUT2D eigenvalue weighted by molar-refractivity contribution is 6.32. The Morgan fingerprint density at radius 3 is 2.75 bits per heavy atom. The van der Waals surface area contributed by atoms with Crippen molar-refractivity contribution in [2.75, 3.05) is 0 Å². The Morgan fingerprint density at radius 2 is 2.33 bits per heavy atom. The first-order valence-electron chi connectivity index (χ1n) is 2.91. The van der Waals surface area contributed by atoms with Gasteiger partial charge >= 0.3 is 0 Å². The number of aromatic nitrogens is 1. The quantitative estimate of drug-likeness (QED) is 0.303. The van der Waals surface area contributed by atoms with Crippen molar-refractivity contribution in [3.8, 4) is 0 Å². The maximum Gasteiger partial charge on any atom is 0.284 e. The van der Waals surface area contributed by atoms with E-state index in [1.807, 2.05) is 0 Å². The lowest BCUT2D eigenvalue weighted by molar-refractivity contribution is -0.385. The summed E-state index contributed by atoms with van der Waals surface area (Å²) < 4.78 is 0. The Bertz CT molecular complexity index is 340. The molecule has 0 saturated heterocycles. The molecule has 0 aliphatic rings. The minimum Gasteiger partial charge on any atom is -0.297 e. The molecule has 0 amide bonds. The largest absolute Gasteiger partial charge is 0.297 e. The molecule has 6 heteroatoms. The molecular weight excluding hydrogens is 184 g/mol. The molecule has 0 saturated carbocycles. The van der Waals surface area contributed by atoms with Crippen LogP contribution in [0.4, 0.5) is 5.69 Å². The van der Waals surface area contributed by atoms with Crippen molar-refractivity contribution in [1.82, 2.24) is 4.98 Å². The highest BCUT2D eigenvalue weighted by Gasteiger charge is 2.16. The molecule has 1 heterocycles. The molecule has 0 aliphatic carbocycles. The van der Waals surface area contributed by atoms with Crippen molar-refractivity contribution in [2.45, 2.75) is 0 Å². The van der Waals surface area contributed by atoms with Gasteiger partial charge < -0.3 is 0 Å². The Balaban J connectivity index is 3.37. The average molecular weight is 187 g/mol. The first kappa shape index (κ1) is 8.61. The van der Waals surface area contributed by atoms with Crippen molar-refractivity contribution < 1.29 is 9.72 Å². The molecule has 12 heavy (non-hydrogen) atoms. The van der Waals surface area contributed by atoms with Crippen LogP contribution in [0.15, 0.2) is 12.3 Å². The molecule has 0 radical (unpaired) electrons. The summed E-state index contributed by atoms with van der Waals surface area (Å²) in [6.45, 7) is 0. The van der Waals surface area contributed by atoms with Crippen LogP contribution in [0.25, 0.3) is 0 Å². The Kier molecular flexibility index (Phi) is 2.35. The van der Waals surface area contributed by atoms with E-state index < -0.39 is 4.92 Å². The second kappa shape index (κ2) is 3.27. The third kappa shape index (κ3) is 1.40. The molecule has 1 aromatic heterocycles. The lowest BCUT2D eigenvalue weighted by Gasteiger charge is -1.95. The van der Waals surface area contributed by atoms with E-state index in [0.29, 0.717) is 6.29 Å². The maximum absolute atomic E-state index is 10.3. The zero-order chi connectivity index (χ0) is 9.14. The van der Waals surface area contributed by atoms with Gasteiger partial charge in [0, 0.05) is 12.3 Å². The summed E-state index contributed by atoms with van der Waals surface area (Å²) in [7, 11) is 0. The lowest BCUT2D eigenvalue weighted by Crippen LogP contribution is -1.96. The van der Waals surface area contributed by atoms with Crippen molar-refractivity contribution in [3.63, 3.8) is 0 Å². The number of carbonyl (C=O) groups excluding carboxylic acids is 1. The predicted octanol–water partition coefficient (Wildman–Crippen LogP) is 1.46. The normalized spacial score (nSPS) is 9.42. The van der Waals surface area contributed by atoms with E-state index in [-0.39, 0.29) is 16.4 Å². The van der Waals surface area contributed by atoms with Gasteiger partial charge in [-0.15, -0.1) is 0 Å². The van der Waals surface area contributed by atoms with Gasteiger partial charge in [-0.3, -0.25) is 14.9 Å². The number of hydrogen-bond acceptors (Lipinski definition) is 4. The van der Waals surface area contributed by atoms with Crippen LogP contribution in [0, 0.1) is 10.1 Å². The summed E-state index contributed by atoms with van der Waals surface area (Å²) in [6.07, 6.45) is 1.49. The van der Waals surface area contributed by atoms with Crippen LogP contribution in [0.2, 0.25) is 5.15 Å². The SMILES string of the molecule is O=Cc1c([N+](=O)[O-])ccnc1Cl. The number of rotatable bonds is 2.